The van der Waals surface area contributed by atoms with Crippen LogP contribution in [0.3, 0.4) is 0 Å². The molecule has 0 fully saturated rings. The van der Waals surface area contributed by atoms with Crippen molar-refractivity contribution in [2.24, 2.45) is 0 Å². The van der Waals surface area contributed by atoms with Gasteiger partial charge in [-0.25, -0.2) is 4.98 Å². The molecule has 7 heteroatoms. The molecule has 0 saturated carbocycles. The normalized spacial score (nSPS) is 12.1. The smallest absolute Gasteiger partial charge is 0.148 e. The second-order valence-electron chi connectivity index (χ2n) is 22.3. The predicted octanol–water partition coefficient (Wildman–Crippen LogP) is 17.6. The van der Waals surface area contributed by atoms with E-state index in [4.69, 9.17) is 14.4 Å². The molecule has 0 aliphatic carbocycles. The first-order chi connectivity index (χ1) is 35.0. The second-order valence-corrected chi connectivity index (χ2v) is 22.3. The SMILES string of the molecule is CC(C)(C)c1ccc(-n2c(-c3cc(C(C)(C)C)cc(C(C)(C)C)c3O)nc3c(-c4[c-]c(-c5ccc(-c6ccccc6)cn5)c5oc6c(-c7ccccc7)c(C#N)ccc6c5c4)cccc32)c(-c2ccccc2)c1.[Pt]. The van der Waals surface area contributed by atoms with Crippen molar-refractivity contribution in [2.75, 3.05) is 0 Å². The number of phenols is 1. The van der Waals surface area contributed by atoms with Crippen LogP contribution >= 0.6 is 0 Å². The topological polar surface area (TPSA) is 87.9 Å². The number of phenolic OH excluding ortho intramolecular Hbond substituents is 1. The predicted molar refractivity (Wildman–Crippen MR) is 300 cm³/mol. The minimum Gasteiger partial charge on any atom is -0.507 e. The monoisotopic (exact) mass is 1140 g/mol. The van der Waals surface area contributed by atoms with E-state index >= 15 is 0 Å². The summed E-state index contributed by atoms with van der Waals surface area (Å²) in [6.07, 6.45) is 1.90. The van der Waals surface area contributed by atoms with Gasteiger partial charge in [-0.15, -0.1) is 17.7 Å². The summed E-state index contributed by atoms with van der Waals surface area (Å²) in [5.74, 6) is 0.837. The zero-order chi connectivity index (χ0) is 51.0. The van der Waals surface area contributed by atoms with E-state index in [0.717, 1.165) is 83.1 Å². The van der Waals surface area contributed by atoms with Gasteiger partial charge in [0, 0.05) is 55.0 Å². The number of aromatic nitrogens is 3. The number of imidazole rings is 1. The fourth-order valence-corrected chi connectivity index (χ4v) is 10.1. The van der Waals surface area contributed by atoms with E-state index in [1.807, 2.05) is 79.0 Å². The molecule has 0 amide bonds. The van der Waals surface area contributed by atoms with E-state index < -0.39 is 0 Å². The number of furan rings is 1. The number of hydrogen-bond donors (Lipinski definition) is 1. The Bertz CT molecular complexity index is 3960. The first-order valence-electron chi connectivity index (χ1n) is 25.0. The number of nitriles is 1. The average Bonchev–Trinajstić information content (AvgIpc) is 3.97. The van der Waals surface area contributed by atoms with Crippen molar-refractivity contribution in [1.82, 2.24) is 14.5 Å². The van der Waals surface area contributed by atoms with Gasteiger partial charge in [0.1, 0.15) is 17.2 Å². The third-order valence-electron chi connectivity index (χ3n) is 14.2. The fourth-order valence-electron chi connectivity index (χ4n) is 10.1. The number of fused-ring (bicyclic) bond motifs is 4. The van der Waals surface area contributed by atoms with Crippen molar-refractivity contribution < 1.29 is 30.6 Å². The maximum absolute atomic E-state index is 12.7. The van der Waals surface area contributed by atoms with Crippen LogP contribution in [0.15, 0.2) is 180 Å². The van der Waals surface area contributed by atoms with Crippen LogP contribution in [0.25, 0.3) is 106 Å². The van der Waals surface area contributed by atoms with Crippen LogP contribution in [0.1, 0.15) is 84.6 Å². The standard InChI is InChI=1S/C67H57N4O2.Pt/c1-65(2,3)47-30-33-57(51(36-47)42-22-15-11-16-23-42)71-58-27-19-26-49(60(58)70-64(71)54-37-48(66(4,5)6)38-55(61(54)72)67(7,8)9)46-34-52-50-31-28-44(39-68)59(43-24-17-12-18-25-43)63(50)73-62(52)53(35-46)56-32-29-45(40-69-56)41-20-13-10-14-21-41;/h10-34,36-38,40,72H,1-9H3;/q-1;. The number of para-hydroxylation sites is 1. The summed E-state index contributed by atoms with van der Waals surface area (Å²) in [5, 5.41) is 24.9. The number of nitrogens with zero attached hydrogens (tertiary/aromatic N) is 4. The van der Waals surface area contributed by atoms with Gasteiger partial charge in [0.05, 0.1) is 39.5 Å². The quantitative estimate of drug-likeness (QED) is 0.161. The number of rotatable bonds is 7. The van der Waals surface area contributed by atoms with Crippen LogP contribution < -0.4 is 0 Å². The zero-order valence-corrected chi connectivity index (χ0v) is 45.5. The molecule has 0 unspecified atom stereocenters. The van der Waals surface area contributed by atoms with Gasteiger partial charge < -0.3 is 9.52 Å². The van der Waals surface area contributed by atoms with Gasteiger partial charge in [-0.1, -0.05) is 207 Å². The first kappa shape index (κ1) is 49.7. The van der Waals surface area contributed by atoms with Crippen LogP contribution in [-0.4, -0.2) is 19.6 Å². The number of pyridine rings is 1. The summed E-state index contributed by atoms with van der Waals surface area (Å²) >= 11 is 0. The maximum atomic E-state index is 12.7. The van der Waals surface area contributed by atoms with Gasteiger partial charge in [-0.05, 0) is 85.3 Å². The zero-order valence-electron chi connectivity index (χ0n) is 43.2. The van der Waals surface area contributed by atoms with Gasteiger partial charge in [-0.2, -0.15) is 5.26 Å². The third-order valence-corrected chi connectivity index (χ3v) is 14.2. The van der Waals surface area contributed by atoms with Gasteiger partial charge in [-0.3, -0.25) is 9.55 Å². The fraction of sp³-hybridized carbons (Fsp3) is 0.179. The van der Waals surface area contributed by atoms with E-state index in [0.29, 0.717) is 39.4 Å². The molecule has 368 valence electrons. The van der Waals surface area contributed by atoms with E-state index in [2.05, 4.69) is 176 Å². The summed E-state index contributed by atoms with van der Waals surface area (Å²) in [6.45, 7) is 19.8. The van der Waals surface area contributed by atoms with E-state index in [1.165, 1.54) is 5.56 Å². The molecule has 1 N–H and O–H groups in total. The van der Waals surface area contributed by atoms with Crippen molar-refractivity contribution >= 4 is 33.0 Å². The molecule has 0 radical (unpaired) electrons. The molecule has 3 heterocycles. The van der Waals surface area contributed by atoms with E-state index in [-0.39, 0.29) is 43.1 Å². The third kappa shape index (κ3) is 8.84. The van der Waals surface area contributed by atoms with Gasteiger partial charge in [0.2, 0.25) is 0 Å². The largest absolute Gasteiger partial charge is 0.507 e. The Morgan fingerprint density at radius 2 is 1.22 bits per heavy atom. The molecule has 0 atom stereocenters. The van der Waals surface area contributed by atoms with Crippen LogP contribution in [0, 0.1) is 17.4 Å². The Labute approximate surface area is 448 Å². The van der Waals surface area contributed by atoms with Gasteiger partial charge in [0.15, 0.2) is 0 Å². The van der Waals surface area contributed by atoms with Crippen LogP contribution in [0.5, 0.6) is 5.75 Å². The summed E-state index contributed by atoms with van der Waals surface area (Å²) in [6, 6.07) is 64.5. The summed E-state index contributed by atoms with van der Waals surface area (Å²) in [7, 11) is 0. The number of benzene rings is 8. The van der Waals surface area contributed by atoms with E-state index in [1.54, 1.807) is 0 Å². The molecule has 74 heavy (non-hydrogen) atoms. The number of hydrogen-bond acceptors (Lipinski definition) is 5. The Balaban J connectivity index is 0.00000626. The molecule has 8 aromatic carbocycles. The summed E-state index contributed by atoms with van der Waals surface area (Å²) < 4.78 is 9.25. The molecule has 0 spiro atoms. The Morgan fingerprint density at radius 3 is 1.84 bits per heavy atom. The molecule has 3 aromatic heterocycles. The summed E-state index contributed by atoms with van der Waals surface area (Å²) in [5.41, 5.74) is 16.3. The van der Waals surface area contributed by atoms with Crippen molar-refractivity contribution in [3.63, 3.8) is 0 Å². The van der Waals surface area contributed by atoms with Crippen molar-refractivity contribution in [1.29, 1.82) is 5.26 Å². The Kier molecular flexibility index (Phi) is 12.7. The minimum absolute atomic E-state index is 0. The van der Waals surface area contributed by atoms with Crippen LogP contribution in [0.2, 0.25) is 0 Å². The van der Waals surface area contributed by atoms with Crippen molar-refractivity contribution in [3.05, 3.63) is 204 Å². The molecule has 11 rings (SSSR count). The van der Waals surface area contributed by atoms with Crippen LogP contribution in [-0.2, 0) is 37.3 Å². The van der Waals surface area contributed by atoms with Crippen molar-refractivity contribution in [2.45, 2.75) is 78.6 Å². The molecule has 11 aromatic rings. The van der Waals surface area contributed by atoms with Crippen molar-refractivity contribution in [3.8, 4) is 84.7 Å². The Morgan fingerprint density at radius 1 is 0.568 bits per heavy atom. The van der Waals surface area contributed by atoms with E-state index in [9.17, 15) is 10.4 Å². The van der Waals surface area contributed by atoms with Gasteiger partial charge >= 0.3 is 0 Å². The molecule has 6 nitrogen and oxygen atoms in total. The molecule has 0 saturated heterocycles. The second kappa shape index (κ2) is 18.9. The molecule has 0 aliphatic rings. The van der Waals surface area contributed by atoms with Crippen LogP contribution in [0.4, 0.5) is 0 Å². The molecule has 0 aliphatic heterocycles. The maximum Gasteiger partial charge on any atom is 0.148 e. The molecular weight excluding hydrogens is 1090 g/mol. The Hall–Kier alpha value is -7.84. The molecular formula is C67H57N4O2Pt-. The average molecular weight is 1150 g/mol. The van der Waals surface area contributed by atoms with Gasteiger partial charge in [0.25, 0.3) is 0 Å². The molecule has 0 bridgehead atoms. The number of aromatic hydroxyl groups is 1. The summed E-state index contributed by atoms with van der Waals surface area (Å²) in [4.78, 5) is 10.8. The first-order valence-corrected chi connectivity index (χ1v) is 25.0. The minimum atomic E-state index is -0.374.